The largest absolute Gasteiger partial charge is 0.361 e. The number of hydrogen-bond donors (Lipinski definition) is 2. The highest BCUT2D eigenvalue weighted by atomic mass is 79.9. The fourth-order valence-electron chi connectivity index (χ4n) is 1.39. The number of amides is 2. The Morgan fingerprint density at radius 1 is 1.23 bits per heavy atom. The molecule has 114 valence electrons. The number of carbonyl (C=O) groups excluding carboxylic acids is 2. The lowest BCUT2D eigenvalue weighted by molar-refractivity contribution is 0.0943. The maximum atomic E-state index is 11.6. The smallest absolute Gasteiger partial charge is 0.274 e. The lowest BCUT2D eigenvalue weighted by Crippen LogP contribution is -2.25. The Kier molecular flexibility index (Phi) is 5.68. The van der Waals surface area contributed by atoms with Gasteiger partial charge in [-0.3, -0.25) is 9.59 Å². The average Bonchev–Trinajstić information content (AvgIpc) is 3.11. The molecule has 0 saturated heterocycles. The lowest BCUT2D eigenvalue weighted by atomic mass is 10.3. The first-order valence-electron chi connectivity index (χ1n) is 6.14. The van der Waals surface area contributed by atoms with E-state index in [1.54, 1.807) is 13.0 Å². The highest BCUT2D eigenvalue weighted by molar-refractivity contribution is 9.11. The van der Waals surface area contributed by atoms with E-state index in [0.717, 1.165) is 3.79 Å². The molecule has 0 unspecified atom stereocenters. The second-order valence-electron chi connectivity index (χ2n) is 4.06. The quantitative estimate of drug-likeness (QED) is 0.778. The fourth-order valence-corrected chi connectivity index (χ4v) is 2.31. The molecule has 0 atom stereocenters. The molecule has 0 aliphatic carbocycles. The molecule has 2 N–H and O–H groups in total. The van der Waals surface area contributed by atoms with Gasteiger partial charge in [-0.25, -0.2) is 0 Å². The Bertz CT molecular complexity index is 684. The molecule has 9 heteroatoms. The monoisotopic (exact) mass is 382 g/mol. The molecular formula is C13H11BrN4O3S. The minimum atomic E-state index is -0.359. The Labute approximate surface area is 138 Å². The number of nitrogens with one attached hydrogen (secondary N) is 2. The third-order valence-corrected chi connectivity index (χ3v) is 3.62. The molecular weight excluding hydrogens is 372 g/mol. The molecule has 7 nitrogen and oxygen atoms in total. The minimum Gasteiger partial charge on any atom is -0.361 e. The molecule has 0 saturated carbocycles. The van der Waals surface area contributed by atoms with E-state index < -0.39 is 0 Å². The van der Waals surface area contributed by atoms with Crippen LogP contribution in [0.5, 0.6) is 0 Å². The molecule has 0 aromatic carbocycles. The van der Waals surface area contributed by atoms with Crippen molar-refractivity contribution >= 4 is 39.3 Å². The number of aromatic nitrogens is 2. The van der Waals surface area contributed by atoms with Gasteiger partial charge in [0, 0.05) is 6.07 Å². The Morgan fingerprint density at radius 2 is 1.86 bits per heavy atom. The topological polar surface area (TPSA) is 97.1 Å². The average molecular weight is 383 g/mol. The zero-order chi connectivity index (χ0) is 15.9. The Morgan fingerprint density at radius 3 is 2.36 bits per heavy atom. The maximum Gasteiger partial charge on any atom is 0.274 e. The molecule has 0 aliphatic rings. The summed E-state index contributed by atoms with van der Waals surface area (Å²) in [6.07, 6.45) is 0. The summed E-state index contributed by atoms with van der Waals surface area (Å²) in [6, 6.07) is 3.17. The van der Waals surface area contributed by atoms with Crippen molar-refractivity contribution in [3.05, 3.63) is 33.1 Å². The first-order valence-corrected chi connectivity index (χ1v) is 7.70. The van der Waals surface area contributed by atoms with Crippen LogP contribution < -0.4 is 10.6 Å². The molecule has 22 heavy (non-hydrogen) atoms. The molecule has 0 fully saturated rings. The number of rotatable bonds is 4. The molecule has 0 bridgehead atoms. The van der Waals surface area contributed by atoms with Gasteiger partial charge in [0.1, 0.15) is 11.5 Å². The van der Waals surface area contributed by atoms with Gasteiger partial charge in [-0.2, -0.15) is 4.37 Å². The van der Waals surface area contributed by atoms with E-state index >= 15 is 0 Å². The number of nitrogens with zero attached hydrogens (tertiary/aromatic N) is 2. The van der Waals surface area contributed by atoms with Gasteiger partial charge in [0.05, 0.1) is 16.9 Å². The molecule has 0 radical (unpaired) electrons. The summed E-state index contributed by atoms with van der Waals surface area (Å²) in [5, 5.41) is 8.76. The zero-order valence-corrected chi connectivity index (χ0v) is 13.9. The van der Waals surface area contributed by atoms with Crippen molar-refractivity contribution in [1.82, 2.24) is 20.2 Å². The number of aryl methyl sites for hydroxylation is 1. The van der Waals surface area contributed by atoms with Gasteiger partial charge in [0.2, 0.25) is 0 Å². The van der Waals surface area contributed by atoms with Crippen LogP contribution in [0.15, 0.2) is 20.4 Å². The first kappa shape index (κ1) is 16.2. The van der Waals surface area contributed by atoms with Crippen molar-refractivity contribution in [2.75, 3.05) is 13.1 Å². The summed E-state index contributed by atoms with van der Waals surface area (Å²) in [6.45, 7) is 2.03. The molecule has 2 aromatic heterocycles. The van der Waals surface area contributed by atoms with Crippen LogP contribution in [0.2, 0.25) is 0 Å². The van der Waals surface area contributed by atoms with E-state index in [9.17, 15) is 9.59 Å². The third-order valence-electron chi connectivity index (χ3n) is 2.37. The summed E-state index contributed by atoms with van der Waals surface area (Å²) >= 11 is 4.42. The predicted molar refractivity (Wildman–Crippen MR) is 83.5 cm³/mol. The molecule has 2 heterocycles. The van der Waals surface area contributed by atoms with Crippen molar-refractivity contribution in [2.45, 2.75) is 6.92 Å². The molecule has 2 rings (SSSR count). The number of hydrogen-bond acceptors (Lipinski definition) is 6. The van der Waals surface area contributed by atoms with Gasteiger partial charge in [0.25, 0.3) is 11.8 Å². The third kappa shape index (κ3) is 4.68. The fraction of sp³-hybridized carbons (Fsp3) is 0.231. The van der Waals surface area contributed by atoms with Crippen LogP contribution in [-0.2, 0) is 0 Å². The van der Waals surface area contributed by atoms with Crippen LogP contribution in [0.4, 0.5) is 0 Å². The normalized spacial score (nSPS) is 9.73. The van der Waals surface area contributed by atoms with Crippen molar-refractivity contribution in [1.29, 1.82) is 0 Å². The molecule has 0 spiro atoms. The van der Waals surface area contributed by atoms with E-state index in [1.807, 2.05) is 0 Å². The molecule has 0 aliphatic heterocycles. The van der Waals surface area contributed by atoms with Gasteiger partial charge in [-0.1, -0.05) is 17.0 Å². The summed E-state index contributed by atoms with van der Waals surface area (Å²) in [4.78, 5) is 23.2. The van der Waals surface area contributed by atoms with Crippen molar-refractivity contribution in [3.63, 3.8) is 0 Å². The first-order chi connectivity index (χ1) is 10.6. The second kappa shape index (κ2) is 7.72. The van der Waals surface area contributed by atoms with Crippen LogP contribution in [0.25, 0.3) is 0 Å². The van der Waals surface area contributed by atoms with Crippen LogP contribution in [0.1, 0.15) is 26.7 Å². The van der Waals surface area contributed by atoms with Crippen LogP contribution in [-0.4, -0.2) is 34.4 Å². The summed E-state index contributed by atoms with van der Waals surface area (Å²) in [5.74, 6) is 5.36. The summed E-state index contributed by atoms with van der Waals surface area (Å²) in [5.41, 5.74) is 0.551. The highest BCUT2D eigenvalue weighted by Gasteiger charge is 2.09. The predicted octanol–water partition coefficient (Wildman–Crippen LogP) is 1.37. The van der Waals surface area contributed by atoms with Crippen molar-refractivity contribution in [3.8, 4) is 11.8 Å². The number of carbonyl (C=O) groups is 2. The number of halogens is 1. The summed E-state index contributed by atoms with van der Waals surface area (Å²) in [7, 11) is 0. The Hall–Kier alpha value is -2.18. The standard InChI is InChI=1S/C13H11BrN4O3S/c1-8-6-9(17-21-8)12(19)15-4-2-3-5-16-13(20)10-7-11(14)22-18-10/h6-7H,4-5H2,1H3,(H,15,19)(H,16,20). The molecule has 2 aromatic rings. The zero-order valence-electron chi connectivity index (χ0n) is 11.5. The SMILES string of the molecule is Cc1cc(C(=O)NCC#CCNC(=O)c2cc(Br)sn2)no1. The minimum absolute atomic E-state index is 0.156. The molecule has 2 amide bonds. The van der Waals surface area contributed by atoms with Gasteiger partial charge in [-0.15, -0.1) is 0 Å². The summed E-state index contributed by atoms with van der Waals surface area (Å²) < 4.78 is 9.54. The van der Waals surface area contributed by atoms with Crippen LogP contribution in [0.3, 0.4) is 0 Å². The van der Waals surface area contributed by atoms with E-state index in [2.05, 4.69) is 47.9 Å². The van der Waals surface area contributed by atoms with E-state index in [4.69, 9.17) is 4.52 Å². The second-order valence-corrected chi connectivity index (χ2v) is 6.24. The van der Waals surface area contributed by atoms with Gasteiger partial charge in [0.15, 0.2) is 5.69 Å². The van der Waals surface area contributed by atoms with E-state index in [-0.39, 0.29) is 30.6 Å². The van der Waals surface area contributed by atoms with Crippen LogP contribution >= 0.6 is 27.5 Å². The lowest BCUT2D eigenvalue weighted by Gasteiger charge is -1.97. The van der Waals surface area contributed by atoms with E-state index in [1.165, 1.54) is 17.6 Å². The van der Waals surface area contributed by atoms with Crippen LogP contribution in [0, 0.1) is 18.8 Å². The van der Waals surface area contributed by atoms with Crippen molar-refractivity contribution in [2.24, 2.45) is 0 Å². The van der Waals surface area contributed by atoms with Gasteiger partial charge < -0.3 is 15.2 Å². The van der Waals surface area contributed by atoms with E-state index in [0.29, 0.717) is 11.5 Å². The van der Waals surface area contributed by atoms with Gasteiger partial charge >= 0.3 is 0 Å². The Balaban J connectivity index is 1.69. The highest BCUT2D eigenvalue weighted by Crippen LogP contribution is 2.16. The van der Waals surface area contributed by atoms with Gasteiger partial charge in [-0.05, 0) is 40.5 Å². The maximum absolute atomic E-state index is 11.6. The van der Waals surface area contributed by atoms with Crippen molar-refractivity contribution < 1.29 is 14.1 Å².